The Bertz CT molecular complexity index is 901. The fourth-order valence-corrected chi connectivity index (χ4v) is 3.73. The molecule has 1 atom stereocenters. The molecular weight excluding hydrogens is 330 g/mol. The van der Waals surface area contributed by atoms with Crippen molar-refractivity contribution in [3.05, 3.63) is 65.2 Å². The number of benzene rings is 1. The number of pyridine rings is 1. The van der Waals surface area contributed by atoms with Gasteiger partial charge < -0.3 is 4.57 Å². The first-order valence-corrected chi connectivity index (χ1v) is 8.98. The Morgan fingerprint density at radius 2 is 2.00 bits per heavy atom. The quantitative estimate of drug-likeness (QED) is 0.670. The number of rotatable bonds is 4. The van der Waals surface area contributed by atoms with Crippen LogP contribution in [0.2, 0.25) is 0 Å². The molecule has 1 aromatic carbocycles. The van der Waals surface area contributed by atoms with Crippen molar-refractivity contribution >= 4 is 12.2 Å². The summed E-state index contributed by atoms with van der Waals surface area (Å²) in [6.45, 7) is 1.78. The van der Waals surface area contributed by atoms with Gasteiger partial charge in [-0.2, -0.15) is 5.10 Å². The molecule has 0 spiro atoms. The third-order valence-corrected chi connectivity index (χ3v) is 5.31. The van der Waals surface area contributed by atoms with Gasteiger partial charge in [0.2, 0.25) is 0 Å². The molecule has 1 fully saturated rings. The molecule has 6 heteroatoms. The van der Waals surface area contributed by atoms with E-state index in [1.807, 2.05) is 34.6 Å². The van der Waals surface area contributed by atoms with Crippen molar-refractivity contribution in [1.82, 2.24) is 24.2 Å². The highest BCUT2D eigenvalue weighted by atomic mass is 32.1. The van der Waals surface area contributed by atoms with Crippen molar-refractivity contribution < 1.29 is 0 Å². The number of hydrogen-bond donors (Lipinski definition) is 0. The predicted octanol–water partition coefficient (Wildman–Crippen LogP) is 3.81. The standard InChI is InChI=1S/C19H21N5S/c1-22-18(16-9-5-11-20-13-16)21-24(19(22)25)14-23-12-6-10-17(23)15-7-3-2-4-8-15/h2-5,7-9,11,13,17H,6,10,12,14H2,1H3. The average Bonchev–Trinajstić information content (AvgIpc) is 3.23. The molecule has 1 unspecified atom stereocenters. The van der Waals surface area contributed by atoms with Crippen molar-refractivity contribution in [2.75, 3.05) is 6.54 Å². The molecule has 0 aliphatic carbocycles. The third-order valence-electron chi connectivity index (χ3n) is 4.82. The lowest BCUT2D eigenvalue weighted by atomic mass is 10.1. The molecule has 2 aromatic heterocycles. The Morgan fingerprint density at radius 1 is 1.16 bits per heavy atom. The van der Waals surface area contributed by atoms with Gasteiger partial charge in [0.05, 0.1) is 6.67 Å². The van der Waals surface area contributed by atoms with Gasteiger partial charge in [-0.1, -0.05) is 30.3 Å². The second kappa shape index (κ2) is 6.90. The smallest absolute Gasteiger partial charge is 0.199 e. The lowest BCUT2D eigenvalue weighted by Crippen LogP contribution is -2.27. The van der Waals surface area contributed by atoms with E-state index in [-0.39, 0.29) is 0 Å². The zero-order valence-electron chi connectivity index (χ0n) is 14.2. The van der Waals surface area contributed by atoms with Crippen LogP contribution in [0.15, 0.2) is 54.9 Å². The zero-order chi connectivity index (χ0) is 17.2. The Kier molecular flexibility index (Phi) is 4.46. The van der Waals surface area contributed by atoms with Gasteiger partial charge in [0.25, 0.3) is 0 Å². The molecule has 0 N–H and O–H groups in total. The predicted molar refractivity (Wildman–Crippen MR) is 100 cm³/mol. The summed E-state index contributed by atoms with van der Waals surface area (Å²) in [5.41, 5.74) is 2.35. The van der Waals surface area contributed by atoms with Gasteiger partial charge in [-0.05, 0) is 42.8 Å². The van der Waals surface area contributed by atoms with Gasteiger partial charge in [0, 0.05) is 37.6 Å². The first-order chi connectivity index (χ1) is 12.2. The van der Waals surface area contributed by atoms with E-state index in [0.717, 1.165) is 22.7 Å². The third kappa shape index (κ3) is 3.15. The molecule has 1 aliphatic rings. The maximum atomic E-state index is 5.62. The van der Waals surface area contributed by atoms with Crippen molar-refractivity contribution in [3.63, 3.8) is 0 Å². The molecule has 3 aromatic rings. The van der Waals surface area contributed by atoms with Crippen LogP contribution in [0, 0.1) is 4.77 Å². The van der Waals surface area contributed by atoms with Crippen LogP contribution in [0.1, 0.15) is 24.4 Å². The summed E-state index contributed by atoms with van der Waals surface area (Å²) < 4.78 is 4.62. The number of likely N-dealkylation sites (tertiary alicyclic amines) is 1. The number of aromatic nitrogens is 4. The molecule has 0 radical (unpaired) electrons. The Hall–Kier alpha value is -2.31. The van der Waals surface area contributed by atoms with Crippen molar-refractivity contribution in [3.8, 4) is 11.4 Å². The van der Waals surface area contributed by atoms with E-state index in [4.69, 9.17) is 17.3 Å². The molecular formula is C19H21N5S. The largest absolute Gasteiger partial charge is 0.303 e. The SMILES string of the molecule is Cn1c(-c2cccnc2)nn(CN2CCCC2c2ccccc2)c1=S. The van der Waals surface area contributed by atoms with E-state index in [2.05, 4.69) is 40.2 Å². The minimum atomic E-state index is 0.437. The summed E-state index contributed by atoms with van der Waals surface area (Å²) in [4.78, 5) is 6.65. The van der Waals surface area contributed by atoms with Gasteiger partial charge in [-0.25, -0.2) is 4.68 Å². The molecule has 5 nitrogen and oxygen atoms in total. The molecule has 4 rings (SSSR count). The molecule has 0 saturated carbocycles. The van der Waals surface area contributed by atoms with Crippen LogP contribution in [-0.4, -0.2) is 30.8 Å². The summed E-state index contributed by atoms with van der Waals surface area (Å²) >= 11 is 5.62. The summed E-state index contributed by atoms with van der Waals surface area (Å²) in [5.74, 6) is 0.855. The highest BCUT2D eigenvalue weighted by Crippen LogP contribution is 2.32. The van der Waals surface area contributed by atoms with Gasteiger partial charge >= 0.3 is 0 Å². The van der Waals surface area contributed by atoms with E-state index >= 15 is 0 Å². The average molecular weight is 351 g/mol. The van der Waals surface area contributed by atoms with E-state index in [9.17, 15) is 0 Å². The second-order valence-corrected chi connectivity index (χ2v) is 6.79. The van der Waals surface area contributed by atoms with Crippen LogP contribution in [0.5, 0.6) is 0 Å². The van der Waals surface area contributed by atoms with E-state index < -0.39 is 0 Å². The molecule has 3 heterocycles. The normalized spacial score (nSPS) is 17.9. The van der Waals surface area contributed by atoms with Crippen molar-refractivity contribution in [2.24, 2.45) is 7.05 Å². The van der Waals surface area contributed by atoms with Gasteiger partial charge in [0.15, 0.2) is 10.6 Å². The molecule has 128 valence electrons. The van der Waals surface area contributed by atoms with E-state index in [1.165, 1.54) is 18.4 Å². The summed E-state index contributed by atoms with van der Waals surface area (Å²) in [6, 6.07) is 15.1. The number of nitrogens with zero attached hydrogens (tertiary/aromatic N) is 5. The van der Waals surface area contributed by atoms with Crippen LogP contribution in [-0.2, 0) is 13.7 Å². The molecule has 0 amide bonds. The lowest BCUT2D eigenvalue weighted by molar-refractivity contribution is 0.190. The van der Waals surface area contributed by atoms with E-state index in [1.54, 1.807) is 6.20 Å². The molecule has 1 aliphatic heterocycles. The molecule has 0 bridgehead atoms. The fourth-order valence-electron chi connectivity index (χ4n) is 3.55. The lowest BCUT2D eigenvalue weighted by Gasteiger charge is -2.24. The Labute approximate surface area is 152 Å². The highest BCUT2D eigenvalue weighted by Gasteiger charge is 2.26. The summed E-state index contributed by atoms with van der Waals surface area (Å²) in [7, 11) is 1.97. The first-order valence-electron chi connectivity index (χ1n) is 8.57. The van der Waals surface area contributed by atoms with Crippen LogP contribution in [0.4, 0.5) is 0 Å². The van der Waals surface area contributed by atoms with Crippen LogP contribution in [0.25, 0.3) is 11.4 Å². The van der Waals surface area contributed by atoms with Crippen LogP contribution in [0.3, 0.4) is 0 Å². The summed E-state index contributed by atoms with van der Waals surface area (Å²) in [6.07, 6.45) is 5.97. The van der Waals surface area contributed by atoms with Crippen LogP contribution < -0.4 is 0 Å². The van der Waals surface area contributed by atoms with E-state index in [0.29, 0.717) is 12.7 Å². The van der Waals surface area contributed by atoms with Crippen molar-refractivity contribution in [2.45, 2.75) is 25.6 Å². The Morgan fingerprint density at radius 3 is 2.76 bits per heavy atom. The van der Waals surface area contributed by atoms with Crippen molar-refractivity contribution in [1.29, 1.82) is 0 Å². The second-order valence-electron chi connectivity index (χ2n) is 6.43. The minimum absolute atomic E-state index is 0.437. The maximum Gasteiger partial charge on any atom is 0.199 e. The minimum Gasteiger partial charge on any atom is -0.303 e. The summed E-state index contributed by atoms with van der Waals surface area (Å²) in [5, 5.41) is 4.76. The molecule has 25 heavy (non-hydrogen) atoms. The van der Waals surface area contributed by atoms with Gasteiger partial charge in [0.1, 0.15) is 0 Å². The molecule has 1 saturated heterocycles. The van der Waals surface area contributed by atoms with Gasteiger partial charge in [-0.15, -0.1) is 0 Å². The topological polar surface area (TPSA) is 38.9 Å². The zero-order valence-corrected chi connectivity index (χ0v) is 15.1. The number of hydrogen-bond acceptors (Lipinski definition) is 4. The maximum absolute atomic E-state index is 5.62. The highest BCUT2D eigenvalue weighted by molar-refractivity contribution is 7.71. The monoisotopic (exact) mass is 351 g/mol. The van der Waals surface area contributed by atoms with Gasteiger partial charge in [-0.3, -0.25) is 9.88 Å². The fraction of sp³-hybridized carbons (Fsp3) is 0.316. The Balaban J connectivity index is 1.62. The first kappa shape index (κ1) is 16.2. The van der Waals surface area contributed by atoms with Crippen LogP contribution >= 0.6 is 12.2 Å².